The minimum Gasteiger partial charge on any atom is -0.436 e. The van der Waals surface area contributed by atoms with Crippen LogP contribution >= 0.6 is 0 Å². The van der Waals surface area contributed by atoms with E-state index >= 15 is 0 Å². The van der Waals surface area contributed by atoms with E-state index in [2.05, 4.69) is 125 Å². The van der Waals surface area contributed by atoms with Crippen molar-refractivity contribution in [2.24, 2.45) is 0 Å². The first-order chi connectivity index (χ1) is 20.8. The second-order valence-corrected chi connectivity index (χ2v) is 10.5. The number of nitrogens with zero attached hydrogens (tertiary/aromatic N) is 2. The van der Waals surface area contributed by atoms with Gasteiger partial charge in [-0.2, -0.15) is 0 Å². The zero-order chi connectivity index (χ0) is 27.9. The van der Waals surface area contributed by atoms with Crippen LogP contribution in [-0.4, -0.2) is 9.97 Å². The van der Waals surface area contributed by atoms with Gasteiger partial charge in [-0.25, -0.2) is 4.98 Å². The summed E-state index contributed by atoms with van der Waals surface area (Å²) in [5.74, 6) is 0.638. The molecule has 2 aromatic heterocycles. The van der Waals surface area contributed by atoms with E-state index in [-0.39, 0.29) is 0 Å². The quantitative estimate of drug-likeness (QED) is 0.236. The van der Waals surface area contributed by atoms with Crippen LogP contribution in [0.15, 0.2) is 156 Å². The highest BCUT2D eigenvalue weighted by Gasteiger charge is 2.16. The molecule has 0 fully saturated rings. The Morgan fingerprint density at radius 2 is 1.36 bits per heavy atom. The van der Waals surface area contributed by atoms with Crippen molar-refractivity contribution in [2.45, 2.75) is 6.42 Å². The van der Waals surface area contributed by atoms with E-state index < -0.39 is 0 Å². The molecule has 0 unspecified atom stereocenters. The number of benzene rings is 5. The Hall–Kier alpha value is -5.61. The number of aromatic nitrogens is 2. The molecule has 0 radical (unpaired) electrons. The van der Waals surface area contributed by atoms with Crippen LogP contribution in [0, 0.1) is 0 Å². The van der Waals surface area contributed by atoms with Crippen molar-refractivity contribution in [3.8, 4) is 22.6 Å². The van der Waals surface area contributed by atoms with E-state index in [1.165, 1.54) is 22.2 Å². The first-order valence-corrected chi connectivity index (χ1v) is 14.2. The summed E-state index contributed by atoms with van der Waals surface area (Å²) in [7, 11) is 0. The van der Waals surface area contributed by atoms with E-state index in [9.17, 15) is 0 Å². The van der Waals surface area contributed by atoms with Crippen LogP contribution in [0.5, 0.6) is 0 Å². The Labute approximate surface area is 243 Å². The third kappa shape index (κ3) is 4.30. The molecule has 0 atom stereocenters. The molecule has 0 saturated heterocycles. The second-order valence-electron chi connectivity index (χ2n) is 10.5. The van der Waals surface area contributed by atoms with Gasteiger partial charge in [0.2, 0.25) is 5.89 Å². The molecule has 1 N–H and O–H groups in total. The van der Waals surface area contributed by atoms with Gasteiger partial charge in [-0.1, -0.05) is 78.9 Å². The van der Waals surface area contributed by atoms with Crippen molar-refractivity contribution in [1.29, 1.82) is 0 Å². The van der Waals surface area contributed by atoms with Gasteiger partial charge < -0.3 is 14.3 Å². The van der Waals surface area contributed by atoms with Crippen LogP contribution < -0.4 is 4.90 Å². The zero-order valence-electron chi connectivity index (χ0n) is 22.9. The molecular weight excluding hydrogens is 514 g/mol. The Balaban J connectivity index is 1.17. The van der Waals surface area contributed by atoms with Gasteiger partial charge in [-0.15, -0.1) is 0 Å². The van der Waals surface area contributed by atoms with Crippen LogP contribution in [0.2, 0.25) is 0 Å². The summed E-state index contributed by atoms with van der Waals surface area (Å²) >= 11 is 0. The van der Waals surface area contributed by atoms with Crippen LogP contribution in [0.25, 0.3) is 55.5 Å². The Bertz CT molecular complexity index is 2150. The summed E-state index contributed by atoms with van der Waals surface area (Å²) in [4.78, 5) is 10.7. The third-order valence-electron chi connectivity index (χ3n) is 7.86. The molecule has 5 aromatic carbocycles. The largest absolute Gasteiger partial charge is 0.436 e. The monoisotopic (exact) mass is 541 g/mol. The van der Waals surface area contributed by atoms with Gasteiger partial charge in [-0.05, 0) is 77.9 Å². The topological polar surface area (TPSA) is 45.1 Å². The minimum atomic E-state index is 0.638. The number of H-pyrrole nitrogens is 1. The molecule has 200 valence electrons. The minimum absolute atomic E-state index is 0.638. The van der Waals surface area contributed by atoms with Gasteiger partial charge in [0.15, 0.2) is 5.58 Å². The smallest absolute Gasteiger partial charge is 0.227 e. The maximum Gasteiger partial charge on any atom is 0.227 e. The summed E-state index contributed by atoms with van der Waals surface area (Å²) in [6.07, 6.45) is 11.5. The Morgan fingerprint density at radius 1 is 0.619 bits per heavy atom. The van der Waals surface area contributed by atoms with Crippen molar-refractivity contribution in [3.05, 3.63) is 151 Å². The van der Waals surface area contributed by atoms with E-state index in [4.69, 9.17) is 9.40 Å². The summed E-state index contributed by atoms with van der Waals surface area (Å²) in [6.45, 7) is 0. The lowest BCUT2D eigenvalue weighted by atomic mass is 10.0. The maximum absolute atomic E-state index is 6.18. The highest BCUT2D eigenvalue weighted by Crippen LogP contribution is 2.36. The highest BCUT2D eigenvalue weighted by atomic mass is 16.3. The highest BCUT2D eigenvalue weighted by molar-refractivity contribution is 6.11. The number of aromatic amines is 1. The fourth-order valence-electron chi connectivity index (χ4n) is 5.80. The maximum atomic E-state index is 6.18. The standard InChI is InChI=1S/C38H27N3O/c1-2-8-14-29(13-7-1)41(30-15-9-4-10-16-30)31-20-17-26(18-21-31)28-19-22-34-32(23-28)33-24-37-36(25-35(33)39-34)40-38(42-37)27-11-5-3-6-12-27/h1-13,15-25,39H,14H2. The average molecular weight is 542 g/mol. The molecular formula is C38H27N3O. The lowest BCUT2D eigenvalue weighted by Gasteiger charge is -2.27. The van der Waals surface area contributed by atoms with Crippen LogP contribution in [-0.2, 0) is 0 Å². The summed E-state index contributed by atoms with van der Waals surface area (Å²) in [5, 5.41) is 2.29. The van der Waals surface area contributed by atoms with Crippen molar-refractivity contribution in [3.63, 3.8) is 0 Å². The molecule has 0 aliphatic heterocycles. The van der Waals surface area contributed by atoms with E-state index in [0.717, 1.165) is 50.9 Å². The number of hydrogen-bond acceptors (Lipinski definition) is 3. The first kappa shape index (κ1) is 24.2. The number of hydrogen-bond donors (Lipinski definition) is 1. The van der Waals surface area contributed by atoms with E-state index in [1.807, 2.05) is 30.3 Å². The number of nitrogens with one attached hydrogen (secondary N) is 1. The Kier molecular flexibility index (Phi) is 5.82. The number of oxazole rings is 1. The fourth-order valence-corrected chi connectivity index (χ4v) is 5.80. The molecule has 8 rings (SSSR count). The van der Waals surface area contributed by atoms with Crippen LogP contribution in [0.4, 0.5) is 11.4 Å². The fraction of sp³-hybridized carbons (Fsp3) is 0.0263. The number of fused-ring (bicyclic) bond motifs is 4. The van der Waals surface area contributed by atoms with Crippen molar-refractivity contribution in [1.82, 2.24) is 9.97 Å². The number of allylic oxidation sites excluding steroid dienone is 5. The molecule has 42 heavy (non-hydrogen) atoms. The normalized spacial score (nSPS) is 13.1. The molecule has 0 spiro atoms. The van der Waals surface area contributed by atoms with Gasteiger partial charge >= 0.3 is 0 Å². The molecule has 0 bridgehead atoms. The van der Waals surface area contributed by atoms with Gasteiger partial charge in [0.1, 0.15) is 5.52 Å². The molecule has 0 saturated carbocycles. The Morgan fingerprint density at radius 3 is 2.19 bits per heavy atom. The molecule has 0 amide bonds. The molecule has 1 aliphatic rings. The molecule has 4 heteroatoms. The summed E-state index contributed by atoms with van der Waals surface area (Å²) in [6, 6.07) is 40.2. The van der Waals surface area contributed by atoms with Gasteiger partial charge in [0, 0.05) is 50.9 Å². The molecule has 7 aromatic rings. The molecule has 1 aliphatic carbocycles. The average Bonchev–Trinajstić information content (AvgIpc) is 3.51. The van der Waals surface area contributed by atoms with Gasteiger partial charge in [0.05, 0.1) is 0 Å². The predicted octanol–water partition coefficient (Wildman–Crippen LogP) is 10.3. The number of rotatable bonds is 5. The lowest BCUT2D eigenvalue weighted by molar-refractivity contribution is 0.620. The summed E-state index contributed by atoms with van der Waals surface area (Å²) < 4.78 is 6.18. The zero-order valence-corrected chi connectivity index (χ0v) is 22.9. The van der Waals surface area contributed by atoms with Crippen molar-refractivity contribution < 1.29 is 4.42 Å². The third-order valence-corrected chi connectivity index (χ3v) is 7.86. The number of para-hydroxylation sites is 1. The van der Waals surface area contributed by atoms with E-state index in [1.54, 1.807) is 0 Å². The lowest BCUT2D eigenvalue weighted by Crippen LogP contribution is -2.15. The van der Waals surface area contributed by atoms with Crippen molar-refractivity contribution in [2.75, 3.05) is 4.90 Å². The SMILES string of the molecule is C1=CC=C(N(c2ccccc2)c2ccc(-c3ccc4[nH]c5cc6nc(-c7ccccc7)oc6cc5c4c3)cc2)CC=C1. The summed E-state index contributed by atoms with van der Waals surface area (Å²) in [5.41, 5.74) is 10.6. The van der Waals surface area contributed by atoms with Crippen LogP contribution in [0.3, 0.4) is 0 Å². The van der Waals surface area contributed by atoms with Crippen molar-refractivity contribution >= 4 is 44.3 Å². The van der Waals surface area contributed by atoms with Gasteiger partial charge in [-0.3, -0.25) is 0 Å². The second kappa shape index (κ2) is 10.1. The first-order valence-electron chi connectivity index (χ1n) is 14.2. The van der Waals surface area contributed by atoms with Gasteiger partial charge in [0.25, 0.3) is 0 Å². The van der Waals surface area contributed by atoms with Crippen LogP contribution in [0.1, 0.15) is 6.42 Å². The number of anilines is 2. The molecule has 4 nitrogen and oxygen atoms in total. The van der Waals surface area contributed by atoms with E-state index in [0.29, 0.717) is 5.89 Å². The predicted molar refractivity (Wildman–Crippen MR) is 174 cm³/mol. The molecule has 2 heterocycles.